The molecule has 30 heavy (non-hydrogen) atoms. The molecule has 3 N–H and O–H groups in total. The number of nitrogens with one attached hydrogen (secondary N) is 1. The molecule has 2 aliphatic heterocycles. The Morgan fingerprint density at radius 2 is 2.03 bits per heavy atom. The van der Waals surface area contributed by atoms with Gasteiger partial charge in [0.1, 0.15) is 11.3 Å². The van der Waals surface area contributed by atoms with Gasteiger partial charge in [0.25, 0.3) is 0 Å². The van der Waals surface area contributed by atoms with Crippen molar-refractivity contribution in [2.24, 2.45) is 5.92 Å². The highest BCUT2D eigenvalue weighted by Gasteiger charge is 2.28. The number of carbonyl (C=O) groups is 1. The second-order valence-electron chi connectivity index (χ2n) is 7.97. The van der Waals surface area contributed by atoms with Crippen molar-refractivity contribution in [3.8, 4) is 11.5 Å². The van der Waals surface area contributed by atoms with Crippen LogP contribution in [0.15, 0.2) is 40.9 Å². The van der Waals surface area contributed by atoms with E-state index in [-0.39, 0.29) is 11.8 Å². The number of benzene rings is 1. The Labute approximate surface area is 175 Å². The maximum atomic E-state index is 12.8. The van der Waals surface area contributed by atoms with E-state index in [2.05, 4.69) is 20.2 Å². The normalized spacial score (nSPS) is 19.9. The summed E-state index contributed by atoms with van der Waals surface area (Å²) in [6.07, 6.45) is 3.85. The summed E-state index contributed by atoms with van der Waals surface area (Å²) in [6.45, 7) is 4.80. The Morgan fingerprint density at radius 3 is 2.80 bits per heavy atom. The summed E-state index contributed by atoms with van der Waals surface area (Å²) in [4.78, 5) is 26.0. The number of piperidine rings is 1. The standard InChI is InChI=1S/C22H26N6O2/c23-20-17(21-26-18-5-1-2-6-19(18)30-21)12-16(14-25-20)27-8-10-28(11-9-27)22(29)15-4-3-7-24-13-15/h1-2,5-6,12,14-15,24H,3-4,7-11,13H2,(H2,23,25). The number of para-hydroxylation sites is 2. The molecule has 156 valence electrons. The van der Waals surface area contributed by atoms with Gasteiger partial charge in [0.05, 0.1) is 23.4 Å². The highest BCUT2D eigenvalue weighted by atomic mass is 16.3. The van der Waals surface area contributed by atoms with Crippen molar-refractivity contribution in [2.45, 2.75) is 12.8 Å². The number of aromatic nitrogens is 2. The molecule has 4 heterocycles. The van der Waals surface area contributed by atoms with E-state index < -0.39 is 0 Å². The molecule has 2 aromatic heterocycles. The van der Waals surface area contributed by atoms with Crippen molar-refractivity contribution in [3.63, 3.8) is 0 Å². The van der Waals surface area contributed by atoms with Crippen LogP contribution in [0.5, 0.6) is 0 Å². The Morgan fingerprint density at radius 1 is 1.20 bits per heavy atom. The van der Waals surface area contributed by atoms with Crippen LogP contribution in [0.1, 0.15) is 12.8 Å². The number of anilines is 2. The van der Waals surface area contributed by atoms with E-state index in [9.17, 15) is 4.79 Å². The van der Waals surface area contributed by atoms with Gasteiger partial charge < -0.3 is 25.3 Å². The second kappa shape index (κ2) is 7.95. The number of fused-ring (bicyclic) bond motifs is 1. The number of hydrogen-bond acceptors (Lipinski definition) is 7. The van der Waals surface area contributed by atoms with Crippen molar-refractivity contribution in [1.29, 1.82) is 0 Å². The van der Waals surface area contributed by atoms with E-state index in [1.165, 1.54) is 0 Å². The molecule has 0 saturated carbocycles. The van der Waals surface area contributed by atoms with Crippen LogP contribution in [0.2, 0.25) is 0 Å². The minimum absolute atomic E-state index is 0.120. The van der Waals surface area contributed by atoms with E-state index in [0.717, 1.165) is 68.9 Å². The predicted molar refractivity (Wildman–Crippen MR) is 116 cm³/mol. The van der Waals surface area contributed by atoms with Gasteiger partial charge in [0.2, 0.25) is 11.8 Å². The number of nitrogen functional groups attached to an aromatic ring is 1. The SMILES string of the molecule is Nc1ncc(N2CCN(C(=O)C3CCCNC3)CC2)cc1-c1nc2ccccc2o1. The summed E-state index contributed by atoms with van der Waals surface area (Å²) in [5, 5.41) is 3.33. The van der Waals surface area contributed by atoms with E-state index in [1.54, 1.807) is 6.20 Å². The summed E-state index contributed by atoms with van der Waals surface area (Å²) in [7, 11) is 0. The number of piperazine rings is 1. The summed E-state index contributed by atoms with van der Waals surface area (Å²) in [5.41, 5.74) is 9.30. The summed E-state index contributed by atoms with van der Waals surface area (Å²) < 4.78 is 5.88. The van der Waals surface area contributed by atoms with Crippen molar-refractivity contribution in [1.82, 2.24) is 20.2 Å². The Balaban J connectivity index is 1.31. The smallest absolute Gasteiger partial charge is 0.231 e. The maximum absolute atomic E-state index is 12.8. The first kappa shape index (κ1) is 18.9. The van der Waals surface area contributed by atoms with Gasteiger partial charge in [-0.05, 0) is 37.6 Å². The molecule has 0 spiro atoms. The Hall–Kier alpha value is -3.13. The highest BCUT2D eigenvalue weighted by molar-refractivity contribution is 5.81. The van der Waals surface area contributed by atoms with Gasteiger partial charge in [-0.15, -0.1) is 0 Å². The molecule has 2 saturated heterocycles. The molecule has 5 rings (SSSR count). The number of amides is 1. The molecule has 8 heteroatoms. The third-order valence-electron chi connectivity index (χ3n) is 6.03. The van der Waals surface area contributed by atoms with Gasteiger partial charge in [-0.25, -0.2) is 9.97 Å². The lowest BCUT2D eigenvalue weighted by Gasteiger charge is -2.38. The molecular formula is C22H26N6O2. The van der Waals surface area contributed by atoms with E-state index in [0.29, 0.717) is 17.3 Å². The first-order valence-corrected chi connectivity index (χ1v) is 10.5. The monoisotopic (exact) mass is 406 g/mol. The lowest BCUT2D eigenvalue weighted by molar-refractivity contribution is -0.136. The molecular weight excluding hydrogens is 380 g/mol. The number of hydrogen-bond donors (Lipinski definition) is 2. The average Bonchev–Trinajstić information content (AvgIpc) is 3.24. The summed E-state index contributed by atoms with van der Waals surface area (Å²) in [5.74, 6) is 1.27. The van der Waals surface area contributed by atoms with Crippen LogP contribution >= 0.6 is 0 Å². The number of oxazole rings is 1. The zero-order valence-corrected chi connectivity index (χ0v) is 16.9. The highest BCUT2D eigenvalue weighted by Crippen LogP contribution is 2.31. The fourth-order valence-corrected chi connectivity index (χ4v) is 4.30. The molecule has 1 atom stereocenters. The Bertz CT molecular complexity index is 1020. The zero-order valence-electron chi connectivity index (χ0n) is 16.9. The molecule has 3 aromatic rings. The molecule has 1 amide bonds. The first-order valence-electron chi connectivity index (χ1n) is 10.5. The molecule has 1 aromatic carbocycles. The minimum atomic E-state index is 0.120. The van der Waals surface area contributed by atoms with Crippen molar-refractivity contribution < 1.29 is 9.21 Å². The molecule has 1 unspecified atom stereocenters. The lowest BCUT2D eigenvalue weighted by atomic mass is 9.98. The lowest BCUT2D eigenvalue weighted by Crippen LogP contribution is -2.52. The topological polar surface area (TPSA) is 101 Å². The van der Waals surface area contributed by atoms with Crippen LogP contribution in [-0.2, 0) is 4.79 Å². The zero-order chi connectivity index (χ0) is 20.5. The summed E-state index contributed by atoms with van der Waals surface area (Å²) >= 11 is 0. The van der Waals surface area contributed by atoms with Crippen molar-refractivity contribution in [2.75, 3.05) is 49.9 Å². The minimum Gasteiger partial charge on any atom is -0.436 e. The first-order chi connectivity index (χ1) is 14.7. The van der Waals surface area contributed by atoms with Gasteiger partial charge in [-0.3, -0.25) is 4.79 Å². The predicted octanol–water partition coefficient (Wildman–Crippen LogP) is 2.12. The molecule has 0 aliphatic carbocycles. The number of rotatable bonds is 3. The summed E-state index contributed by atoms with van der Waals surface area (Å²) in [6, 6.07) is 9.62. The number of carbonyl (C=O) groups excluding carboxylic acids is 1. The molecule has 0 bridgehead atoms. The Kier molecular flexibility index (Phi) is 5.00. The van der Waals surface area contributed by atoms with Crippen LogP contribution in [0, 0.1) is 5.92 Å². The van der Waals surface area contributed by atoms with Crippen molar-refractivity contribution in [3.05, 3.63) is 36.5 Å². The van der Waals surface area contributed by atoms with E-state index in [4.69, 9.17) is 10.2 Å². The number of nitrogens with zero attached hydrogens (tertiary/aromatic N) is 4. The molecule has 2 fully saturated rings. The fourth-order valence-electron chi connectivity index (χ4n) is 4.30. The van der Waals surface area contributed by atoms with Crippen LogP contribution in [0.4, 0.5) is 11.5 Å². The van der Waals surface area contributed by atoms with Crippen LogP contribution < -0.4 is 16.0 Å². The third kappa shape index (κ3) is 3.59. The molecule has 2 aliphatic rings. The maximum Gasteiger partial charge on any atom is 0.231 e. The fraction of sp³-hybridized carbons (Fsp3) is 0.409. The molecule has 0 radical (unpaired) electrons. The molecule has 8 nitrogen and oxygen atoms in total. The van der Waals surface area contributed by atoms with Gasteiger partial charge in [0.15, 0.2) is 5.58 Å². The van der Waals surface area contributed by atoms with Crippen molar-refractivity contribution >= 4 is 28.5 Å². The van der Waals surface area contributed by atoms with Crippen LogP contribution in [-0.4, -0.2) is 60.0 Å². The second-order valence-corrected chi connectivity index (χ2v) is 7.97. The third-order valence-corrected chi connectivity index (χ3v) is 6.03. The van der Waals surface area contributed by atoms with Gasteiger partial charge >= 0.3 is 0 Å². The quantitative estimate of drug-likeness (QED) is 0.687. The number of pyridine rings is 1. The van der Waals surface area contributed by atoms with Gasteiger partial charge in [-0.2, -0.15) is 0 Å². The van der Waals surface area contributed by atoms with Crippen LogP contribution in [0.3, 0.4) is 0 Å². The number of nitrogens with two attached hydrogens (primary N) is 1. The van der Waals surface area contributed by atoms with Gasteiger partial charge in [-0.1, -0.05) is 12.1 Å². The van der Waals surface area contributed by atoms with E-state index >= 15 is 0 Å². The van der Waals surface area contributed by atoms with Gasteiger partial charge in [0, 0.05) is 32.7 Å². The van der Waals surface area contributed by atoms with Crippen LogP contribution in [0.25, 0.3) is 22.6 Å². The van der Waals surface area contributed by atoms with E-state index in [1.807, 2.05) is 35.2 Å². The largest absolute Gasteiger partial charge is 0.436 e. The average molecular weight is 406 g/mol.